The molecule has 16 heteroatoms. The van der Waals surface area contributed by atoms with E-state index in [2.05, 4.69) is 26.6 Å². The van der Waals surface area contributed by atoms with Crippen molar-refractivity contribution >= 4 is 41.4 Å². The smallest absolute Gasteiger partial charge is 0.326 e. The van der Waals surface area contributed by atoms with Gasteiger partial charge in [-0.25, -0.2) is 4.79 Å². The molecule has 0 aromatic carbocycles. The minimum atomic E-state index is -1.51. The number of rotatable bonds is 22. The molecule has 0 rings (SSSR count). The van der Waals surface area contributed by atoms with Crippen LogP contribution in [0.3, 0.4) is 0 Å². The molecule has 0 spiro atoms. The van der Waals surface area contributed by atoms with Gasteiger partial charge < -0.3 is 48.9 Å². The second kappa shape index (κ2) is 21.1. The lowest BCUT2D eigenvalue weighted by Gasteiger charge is -2.28. The summed E-state index contributed by atoms with van der Waals surface area (Å²) >= 11 is 0. The summed E-state index contributed by atoms with van der Waals surface area (Å²) in [5.74, 6) is -6.18. The molecule has 0 aliphatic carbocycles. The maximum absolute atomic E-state index is 13.4. The summed E-state index contributed by atoms with van der Waals surface area (Å²) in [4.78, 5) is 88.5. The first kappa shape index (κ1) is 42.2. The van der Waals surface area contributed by atoms with E-state index in [1.165, 1.54) is 6.92 Å². The third-order valence-electron chi connectivity index (χ3n) is 7.00. The Morgan fingerprint density at radius 3 is 1.63 bits per heavy atom. The monoisotopic (exact) mass is 656 g/mol. The molecule has 0 radical (unpaired) electrons. The average Bonchev–Trinajstić information content (AvgIpc) is 2.92. The summed E-state index contributed by atoms with van der Waals surface area (Å²) in [5.41, 5.74) is 16.7. The van der Waals surface area contributed by atoms with Crippen LogP contribution in [0.5, 0.6) is 0 Å². The Hall–Kier alpha value is -3.79. The first-order valence-electron chi connectivity index (χ1n) is 15.8. The fraction of sp³-hybridized carbons (Fsp3) is 0.767. The van der Waals surface area contributed by atoms with Crippen LogP contribution in [-0.2, 0) is 33.6 Å². The number of carboxylic acid groups (broad SMARTS) is 1. The molecular weight excluding hydrogens is 600 g/mol. The van der Waals surface area contributed by atoms with Gasteiger partial charge in [0.15, 0.2) is 0 Å². The fourth-order valence-electron chi connectivity index (χ4n) is 4.48. The number of hydrogen-bond donors (Lipinski definition) is 9. The zero-order valence-corrected chi connectivity index (χ0v) is 28.2. The number of carboxylic acids is 1. The van der Waals surface area contributed by atoms with Gasteiger partial charge in [0.25, 0.3) is 0 Å². The Balaban J connectivity index is 5.78. The number of nitrogens with two attached hydrogens (primary N) is 3. The summed E-state index contributed by atoms with van der Waals surface area (Å²) in [5, 5.41) is 22.0. The van der Waals surface area contributed by atoms with Crippen LogP contribution in [-0.4, -0.2) is 89.3 Å². The molecule has 0 saturated heterocycles. The lowest BCUT2D eigenvalue weighted by Crippen LogP contribution is -2.60. The maximum atomic E-state index is 13.4. The Labute approximate surface area is 271 Å². The third-order valence-corrected chi connectivity index (χ3v) is 7.00. The number of carbonyl (C=O) groups is 7. The number of hydrogen-bond acceptors (Lipinski definition) is 9. The molecule has 6 atom stereocenters. The van der Waals surface area contributed by atoms with Gasteiger partial charge in [0.05, 0.1) is 12.5 Å². The number of unbranched alkanes of at least 4 members (excludes halogenated alkanes) is 1. The number of aliphatic carboxylic acids is 1. The van der Waals surface area contributed by atoms with Crippen molar-refractivity contribution in [3.8, 4) is 0 Å². The minimum absolute atomic E-state index is 0.0803. The molecule has 264 valence electrons. The van der Waals surface area contributed by atoms with Crippen molar-refractivity contribution in [1.82, 2.24) is 26.6 Å². The van der Waals surface area contributed by atoms with Crippen LogP contribution in [0.15, 0.2) is 0 Å². The van der Waals surface area contributed by atoms with Crippen molar-refractivity contribution in [1.29, 1.82) is 0 Å². The van der Waals surface area contributed by atoms with E-state index in [0.29, 0.717) is 25.8 Å². The van der Waals surface area contributed by atoms with Crippen molar-refractivity contribution in [2.75, 3.05) is 6.54 Å². The van der Waals surface area contributed by atoms with Crippen molar-refractivity contribution in [3.63, 3.8) is 0 Å². The third kappa shape index (κ3) is 16.5. The van der Waals surface area contributed by atoms with Crippen LogP contribution in [0.1, 0.15) is 87.0 Å². The minimum Gasteiger partial charge on any atom is -0.480 e. The lowest BCUT2D eigenvalue weighted by atomic mass is 9.99. The van der Waals surface area contributed by atoms with E-state index in [-0.39, 0.29) is 24.7 Å². The molecule has 46 heavy (non-hydrogen) atoms. The van der Waals surface area contributed by atoms with Crippen molar-refractivity contribution in [3.05, 3.63) is 0 Å². The van der Waals surface area contributed by atoms with Gasteiger partial charge in [0.2, 0.25) is 35.4 Å². The average molecular weight is 657 g/mol. The molecule has 0 aromatic rings. The molecule has 0 saturated carbocycles. The van der Waals surface area contributed by atoms with Crippen molar-refractivity contribution in [2.45, 2.75) is 123 Å². The molecule has 12 N–H and O–H groups in total. The number of carbonyl (C=O) groups excluding carboxylic acids is 6. The topological polar surface area (TPSA) is 278 Å². The second-order valence-electron chi connectivity index (χ2n) is 12.8. The molecule has 0 aliphatic rings. The van der Waals surface area contributed by atoms with Gasteiger partial charge >= 0.3 is 5.97 Å². The Bertz CT molecular complexity index is 1050. The SMILES string of the molecule is CC(C)C[C@H](NC(=O)[C@@H](NC(=O)[C@H](C)NC(=O)[C@@H](N)CC(C)C)C(C)C)C(=O)N[C@@H](CC(N)=O)C(=O)N[C@@H](CCCCN)C(=O)O. The molecule has 0 bridgehead atoms. The zero-order chi connectivity index (χ0) is 35.7. The first-order chi connectivity index (χ1) is 21.3. The Kier molecular flexibility index (Phi) is 19.4. The van der Waals surface area contributed by atoms with E-state index in [1.54, 1.807) is 27.7 Å². The number of amides is 6. The maximum Gasteiger partial charge on any atom is 0.326 e. The first-order valence-corrected chi connectivity index (χ1v) is 15.8. The highest BCUT2D eigenvalue weighted by Crippen LogP contribution is 2.10. The van der Waals surface area contributed by atoms with Gasteiger partial charge in [0, 0.05) is 0 Å². The van der Waals surface area contributed by atoms with E-state index in [0.717, 1.165) is 0 Å². The van der Waals surface area contributed by atoms with Crippen molar-refractivity contribution in [2.24, 2.45) is 35.0 Å². The van der Waals surface area contributed by atoms with Gasteiger partial charge in [-0.1, -0.05) is 41.5 Å². The molecule has 0 fully saturated rings. The molecule has 0 heterocycles. The zero-order valence-electron chi connectivity index (χ0n) is 28.2. The van der Waals surface area contributed by atoms with E-state index in [4.69, 9.17) is 17.2 Å². The highest BCUT2D eigenvalue weighted by Gasteiger charge is 2.34. The van der Waals surface area contributed by atoms with Gasteiger partial charge in [-0.15, -0.1) is 0 Å². The van der Waals surface area contributed by atoms with Crippen LogP contribution in [0, 0.1) is 17.8 Å². The normalized spacial score (nSPS) is 15.2. The number of primary amides is 1. The van der Waals surface area contributed by atoms with Gasteiger partial charge in [-0.2, -0.15) is 0 Å². The summed E-state index contributed by atoms with van der Waals surface area (Å²) in [7, 11) is 0. The lowest BCUT2D eigenvalue weighted by molar-refractivity contribution is -0.142. The van der Waals surface area contributed by atoms with Crippen LogP contribution in [0.4, 0.5) is 0 Å². The molecule has 16 nitrogen and oxygen atoms in total. The quantitative estimate of drug-likeness (QED) is 0.0614. The molecule has 0 aliphatic heterocycles. The van der Waals surface area contributed by atoms with E-state index in [9.17, 15) is 38.7 Å². The Morgan fingerprint density at radius 2 is 1.15 bits per heavy atom. The number of nitrogens with one attached hydrogen (secondary N) is 5. The summed E-state index contributed by atoms with van der Waals surface area (Å²) < 4.78 is 0. The van der Waals surface area contributed by atoms with Crippen LogP contribution in [0.2, 0.25) is 0 Å². The largest absolute Gasteiger partial charge is 0.480 e. The van der Waals surface area contributed by atoms with E-state index in [1.807, 2.05) is 13.8 Å². The predicted octanol–water partition coefficient (Wildman–Crippen LogP) is -1.41. The van der Waals surface area contributed by atoms with Crippen LogP contribution in [0.25, 0.3) is 0 Å². The van der Waals surface area contributed by atoms with Gasteiger partial charge in [0.1, 0.15) is 30.2 Å². The summed E-state index contributed by atoms with van der Waals surface area (Å²) in [6.07, 6.45) is 0.968. The fourth-order valence-corrected chi connectivity index (χ4v) is 4.48. The molecule has 0 aromatic heterocycles. The molecule has 6 amide bonds. The molecular formula is C30H56N8O8. The van der Waals surface area contributed by atoms with Gasteiger partial charge in [-0.05, 0) is 63.3 Å². The Morgan fingerprint density at radius 1 is 0.630 bits per heavy atom. The summed E-state index contributed by atoms with van der Waals surface area (Å²) in [6, 6.07) is -6.91. The second-order valence-corrected chi connectivity index (χ2v) is 12.8. The van der Waals surface area contributed by atoms with Crippen LogP contribution < -0.4 is 43.8 Å². The van der Waals surface area contributed by atoms with Crippen LogP contribution >= 0.6 is 0 Å². The summed E-state index contributed by atoms with van der Waals surface area (Å²) in [6.45, 7) is 12.6. The van der Waals surface area contributed by atoms with Gasteiger partial charge in [-0.3, -0.25) is 28.8 Å². The van der Waals surface area contributed by atoms with Crippen molar-refractivity contribution < 1.29 is 38.7 Å². The van der Waals surface area contributed by atoms with E-state index < -0.39 is 90.0 Å². The predicted molar refractivity (Wildman–Crippen MR) is 171 cm³/mol. The standard InChI is InChI=1S/C30H56N8O8/c1-15(2)12-19(32)26(41)34-18(7)25(40)38-24(17(5)6)29(44)37-21(13-16(3)4)27(42)36-22(14-23(33)39)28(43)35-20(30(45)46)10-8-9-11-31/h15-22,24H,8-14,31-32H2,1-7H3,(H2,33,39)(H,34,41)(H,35,43)(H,36,42)(H,37,44)(H,38,40)(H,45,46)/t18-,19-,20-,21-,22-,24-/m0/s1. The van der Waals surface area contributed by atoms with E-state index >= 15 is 0 Å². The molecule has 0 unspecified atom stereocenters. The highest BCUT2D eigenvalue weighted by molar-refractivity contribution is 5.97. The highest BCUT2D eigenvalue weighted by atomic mass is 16.4.